The Balaban J connectivity index is 2.59. The summed E-state index contributed by atoms with van der Waals surface area (Å²) in [7, 11) is 0. The molecule has 1 aromatic rings. The number of nitrogens with zero attached hydrogens (tertiary/aromatic N) is 1. The second-order valence-electron chi connectivity index (χ2n) is 5.86. The Morgan fingerprint density at radius 1 is 1.32 bits per heavy atom. The SMILES string of the molecule is CC(NCC(O)c1ccc([N+](=O)[O-])cc1)C(C)(C)C. The van der Waals surface area contributed by atoms with Crippen molar-refractivity contribution in [3.8, 4) is 0 Å². The van der Waals surface area contributed by atoms with Gasteiger partial charge in [-0.1, -0.05) is 20.8 Å². The monoisotopic (exact) mass is 266 g/mol. The number of nitro benzene ring substituents is 1. The minimum atomic E-state index is -0.661. The van der Waals surface area contributed by atoms with E-state index in [1.807, 2.05) is 0 Å². The van der Waals surface area contributed by atoms with Crippen LogP contribution in [-0.2, 0) is 0 Å². The van der Waals surface area contributed by atoms with Crippen LogP contribution in [-0.4, -0.2) is 22.6 Å². The smallest absolute Gasteiger partial charge is 0.269 e. The fraction of sp³-hybridized carbons (Fsp3) is 0.571. The number of hydrogen-bond donors (Lipinski definition) is 2. The first-order valence-corrected chi connectivity index (χ1v) is 6.37. The molecule has 1 rings (SSSR count). The number of hydrogen-bond acceptors (Lipinski definition) is 4. The summed E-state index contributed by atoms with van der Waals surface area (Å²) in [6.07, 6.45) is -0.661. The lowest BCUT2D eigenvalue weighted by Crippen LogP contribution is -2.39. The van der Waals surface area contributed by atoms with E-state index in [-0.39, 0.29) is 17.1 Å². The number of non-ortho nitro benzene ring substituents is 1. The van der Waals surface area contributed by atoms with E-state index in [9.17, 15) is 15.2 Å². The highest BCUT2D eigenvalue weighted by Gasteiger charge is 2.20. The average molecular weight is 266 g/mol. The highest BCUT2D eigenvalue weighted by Crippen LogP contribution is 2.20. The molecule has 2 unspecified atom stereocenters. The normalized spacial score (nSPS) is 15.0. The maximum Gasteiger partial charge on any atom is 0.269 e. The summed E-state index contributed by atoms with van der Waals surface area (Å²) in [5.41, 5.74) is 0.834. The summed E-state index contributed by atoms with van der Waals surface area (Å²) < 4.78 is 0. The number of nitro groups is 1. The number of benzene rings is 1. The zero-order valence-corrected chi connectivity index (χ0v) is 11.9. The van der Waals surface area contributed by atoms with Crippen LogP contribution in [0.2, 0.25) is 0 Å². The van der Waals surface area contributed by atoms with Gasteiger partial charge in [-0.15, -0.1) is 0 Å². The van der Waals surface area contributed by atoms with Crippen LogP contribution in [0, 0.1) is 15.5 Å². The van der Waals surface area contributed by atoms with Gasteiger partial charge in [0.1, 0.15) is 0 Å². The first-order chi connectivity index (χ1) is 8.71. The molecular weight excluding hydrogens is 244 g/mol. The molecular formula is C14H22N2O3. The van der Waals surface area contributed by atoms with Crippen LogP contribution < -0.4 is 5.32 Å². The van der Waals surface area contributed by atoms with Crippen LogP contribution in [0.1, 0.15) is 39.4 Å². The molecule has 0 heterocycles. The van der Waals surface area contributed by atoms with Crippen LogP contribution in [0.25, 0.3) is 0 Å². The molecule has 1 aromatic carbocycles. The Morgan fingerprint density at radius 3 is 2.26 bits per heavy atom. The van der Waals surface area contributed by atoms with E-state index < -0.39 is 11.0 Å². The van der Waals surface area contributed by atoms with E-state index in [1.165, 1.54) is 12.1 Å². The van der Waals surface area contributed by atoms with Gasteiger partial charge in [-0.25, -0.2) is 0 Å². The molecule has 106 valence electrons. The van der Waals surface area contributed by atoms with Gasteiger partial charge in [0.05, 0.1) is 11.0 Å². The number of rotatable bonds is 5. The first-order valence-electron chi connectivity index (χ1n) is 6.37. The van der Waals surface area contributed by atoms with Gasteiger partial charge in [0.2, 0.25) is 0 Å². The van der Waals surface area contributed by atoms with E-state index in [0.29, 0.717) is 12.1 Å². The fourth-order valence-corrected chi connectivity index (χ4v) is 1.53. The van der Waals surface area contributed by atoms with E-state index >= 15 is 0 Å². The first kappa shape index (κ1) is 15.6. The van der Waals surface area contributed by atoms with Crippen molar-refractivity contribution in [2.75, 3.05) is 6.54 Å². The summed E-state index contributed by atoms with van der Waals surface area (Å²) in [4.78, 5) is 10.1. The highest BCUT2D eigenvalue weighted by atomic mass is 16.6. The van der Waals surface area contributed by atoms with E-state index in [2.05, 4.69) is 33.0 Å². The Morgan fingerprint density at radius 2 is 1.84 bits per heavy atom. The van der Waals surface area contributed by atoms with Crippen molar-refractivity contribution in [3.63, 3.8) is 0 Å². The molecule has 0 amide bonds. The second kappa shape index (κ2) is 6.12. The predicted octanol–water partition coefficient (Wildman–Crippen LogP) is 2.65. The third-order valence-electron chi connectivity index (χ3n) is 3.41. The van der Waals surface area contributed by atoms with Gasteiger partial charge in [0.25, 0.3) is 5.69 Å². The molecule has 0 radical (unpaired) electrons. The van der Waals surface area contributed by atoms with Crippen LogP contribution >= 0.6 is 0 Å². The predicted molar refractivity (Wildman–Crippen MR) is 75.0 cm³/mol. The van der Waals surface area contributed by atoms with Crippen molar-refractivity contribution in [3.05, 3.63) is 39.9 Å². The van der Waals surface area contributed by atoms with Gasteiger partial charge >= 0.3 is 0 Å². The van der Waals surface area contributed by atoms with E-state index in [1.54, 1.807) is 12.1 Å². The van der Waals surface area contributed by atoms with Crippen LogP contribution in [0.5, 0.6) is 0 Å². The highest BCUT2D eigenvalue weighted by molar-refractivity contribution is 5.33. The molecule has 0 aliphatic heterocycles. The van der Waals surface area contributed by atoms with Crippen molar-refractivity contribution in [2.45, 2.75) is 39.8 Å². The van der Waals surface area contributed by atoms with Crippen molar-refractivity contribution in [1.29, 1.82) is 0 Å². The molecule has 0 aromatic heterocycles. The zero-order valence-electron chi connectivity index (χ0n) is 11.9. The van der Waals surface area contributed by atoms with Crippen molar-refractivity contribution >= 4 is 5.69 Å². The summed E-state index contributed by atoms with van der Waals surface area (Å²) in [6.45, 7) is 8.88. The summed E-state index contributed by atoms with van der Waals surface area (Å²) >= 11 is 0. The minimum absolute atomic E-state index is 0.0342. The van der Waals surface area contributed by atoms with E-state index in [0.717, 1.165) is 0 Å². The Kier molecular flexibility index (Phi) is 5.03. The summed E-state index contributed by atoms with van der Waals surface area (Å²) in [6, 6.07) is 6.26. The maximum atomic E-state index is 10.5. The third kappa shape index (κ3) is 4.61. The number of nitrogens with one attached hydrogen (secondary N) is 1. The minimum Gasteiger partial charge on any atom is -0.387 e. The van der Waals surface area contributed by atoms with Crippen LogP contribution in [0.15, 0.2) is 24.3 Å². The Labute approximate surface area is 113 Å². The molecule has 2 atom stereocenters. The van der Waals surface area contributed by atoms with Crippen molar-refractivity contribution in [2.24, 2.45) is 5.41 Å². The quantitative estimate of drug-likeness (QED) is 0.634. The zero-order chi connectivity index (χ0) is 14.6. The number of aliphatic hydroxyl groups excluding tert-OH is 1. The molecule has 0 aliphatic carbocycles. The fourth-order valence-electron chi connectivity index (χ4n) is 1.53. The molecule has 19 heavy (non-hydrogen) atoms. The average Bonchev–Trinajstić information content (AvgIpc) is 2.34. The summed E-state index contributed by atoms with van der Waals surface area (Å²) in [5, 5.41) is 23.8. The molecule has 5 nitrogen and oxygen atoms in total. The maximum absolute atomic E-state index is 10.5. The second-order valence-corrected chi connectivity index (χ2v) is 5.86. The topological polar surface area (TPSA) is 75.4 Å². The molecule has 0 saturated heterocycles. The van der Waals surface area contributed by atoms with Gasteiger partial charge in [-0.3, -0.25) is 10.1 Å². The van der Waals surface area contributed by atoms with Crippen molar-refractivity contribution in [1.82, 2.24) is 5.32 Å². The number of aliphatic hydroxyl groups is 1. The van der Waals surface area contributed by atoms with Gasteiger partial charge in [-0.05, 0) is 30.0 Å². The standard InChI is InChI=1S/C14H22N2O3/c1-10(14(2,3)4)15-9-13(17)11-5-7-12(8-6-11)16(18)19/h5-8,10,13,15,17H,9H2,1-4H3. The lowest BCUT2D eigenvalue weighted by Gasteiger charge is -2.29. The molecule has 5 heteroatoms. The van der Waals surface area contributed by atoms with E-state index in [4.69, 9.17) is 0 Å². The molecule has 2 N–H and O–H groups in total. The molecule has 0 fully saturated rings. The third-order valence-corrected chi connectivity index (χ3v) is 3.41. The molecule has 0 bridgehead atoms. The summed E-state index contributed by atoms with van der Waals surface area (Å²) in [5.74, 6) is 0. The largest absolute Gasteiger partial charge is 0.387 e. The molecule has 0 aliphatic rings. The van der Waals surface area contributed by atoms with Gasteiger partial charge in [0, 0.05) is 24.7 Å². The van der Waals surface area contributed by atoms with Crippen LogP contribution in [0.3, 0.4) is 0 Å². The van der Waals surface area contributed by atoms with Gasteiger partial charge in [0.15, 0.2) is 0 Å². The Hall–Kier alpha value is -1.46. The lowest BCUT2D eigenvalue weighted by molar-refractivity contribution is -0.384. The van der Waals surface area contributed by atoms with Gasteiger partial charge in [-0.2, -0.15) is 0 Å². The van der Waals surface area contributed by atoms with Gasteiger partial charge < -0.3 is 10.4 Å². The molecule has 0 spiro atoms. The Bertz CT molecular complexity index is 423. The molecule has 0 saturated carbocycles. The lowest BCUT2D eigenvalue weighted by atomic mass is 9.88. The van der Waals surface area contributed by atoms with Crippen LogP contribution in [0.4, 0.5) is 5.69 Å². The van der Waals surface area contributed by atoms with Crippen molar-refractivity contribution < 1.29 is 10.0 Å².